The van der Waals surface area contributed by atoms with Crippen LogP contribution < -0.4 is 10.9 Å². The molecule has 3 aromatic rings. The Morgan fingerprint density at radius 3 is 2.72 bits per heavy atom. The number of benzene rings is 1. The van der Waals surface area contributed by atoms with Crippen LogP contribution in [0.4, 0.5) is 0 Å². The molecule has 0 radical (unpaired) electrons. The maximum Gasteiger partial charge on any atom is 0.261 e. The number of sulfonamides is 1. The molecule has 1 saturated heterocycles. The molecule has 1 aromatic carbocycles. The second-order valence-electron chi connectivity index (χ2n) is 7.40. The van der Waals surface area contributed by atoms with Crippen molar-refractivity contribution in [3.63, 3.8) is 0 Å². The van der Waals surface area contributed by atoms with Crippen LogP contribution in [0, 0.1) is 6.92 Å². The molecule has 0 spiro atoms. The second-order valence-corrected chi connectivity index (χ2v) is 10.7. The lowest BCUT2D eigenvalue weighted by atomic mass is 10.2. The molecule has 0 aliphatic carbocycles. The van der Waals surface area contributed by atoms with Gasteiger partial charge in [-0.05, 0) is 31.2 Å². The molecule has 1 fully saturated rings. The Balaban J connectivity index is 1.35. The second kappa shape index (κ2) is 9.49. The number of nitrogens with zero attached hydrogens (tertiary/aromatic N) is 3. The van der Waals surface area contributed by atoms with Gasteiger partial charge in [0.1, 0.15) is 10.0 Å². The highest BCUT2D eigenvalue weighted by Crippen LogP contribution is 2.25. The molecule has 0 atom stereocenters. The lowest BCUT2D eigenvalue weighted by Crippen LogP contribution is -2.40. The number of aromatic nitrogens is 2. The van der Waals surface area contributed by atoms with Crippen LogP contribution >= 0.6 is 11.3 Å². The number of hydrogen-bond donors (Lipinski definition) is 1. The standard InChI is InChI=1S/C21H24N4O5S2/c1-15-23-18-5-3-2-4-17(18)21(27)25(15)9-8-19(26)22-14-16-6-7-20(31-16)32(28,29)24-10-12-30-13-11-24/h2-7H,8-14H2,1H3,(H,22,26). The topological polar surface area (TPSA) is 111 Å². The summed E-state index contributed by atoms with van der Waals surface area (Å²) in [6, 6.07) is 10.4. The number of amides is 1. The van der Waals surface area contributed by atoms with Gasteiger partial charge in [0.2, 0.25) is 5.91 Å². The summed E-state index contributed by atoms with van der Waals surface area (Å²) >= 11 is 1.15. The highest BCUT2D eigenvalue weighted by molar-refractivity contribution is 7.91. The van der Waals surface area contributed by atoms with Gasteiger partial charge in [0.15, 0.2) is 0 Å². The normalized spacial score (nSPS) is 15.2. The molecule has 32 heavy (non-hydrogen) atoms. The first-order valence-corrected chi connectivity index (χ1v) is 12.5. The minimum atomic E-state index is -3.54. The van der Waals surface area contributed by atoms with Crippen LogP contribution in [0.2, 0.25) is 0 Å². The van der Waals surface area contributed by atoms with Crippen molar-refractivity contribution in [3.05, 3.63) is 57.5 Å². The molecule has 1 N–H and O–H groups in total. The molecule has 1 aliphatic heterocycles. The fourth-order valence-electron chi connectivity index (χ4n) is 3.54. The Hall–Kier alpha value is -2.60. The molecule has 9 nitrogen and oxygen atoms in total. The van der Waals surface area contributed by atoms with E-state index in [0.29, 0.717) is 43.0 Å². The van der Waals surface area contributed by atoms with Crippen LogP contribution in [0.15, 0.2) is 45.4 Å². The minimum Gasteiger partial charge on any atom is -0.379 e. The average molecular weight is 477 g/mol. The molecule has 3 heterocycles. The van der Waals surface area contributed by atoms with Crippen LogP contribution in [0.1, 0.15) is 17.1 Å². The molecule has 2 aromatic heterocycles. The summed E-state index contributed by atoms with van der Waals surface area (Å²) in [6.07, 6.45) is 0.116. The monoisotopic (exact) mass is 476 g/mol. The van der Waals surface area contributed by atoms with Crippen LogP contribution in [-0.4, -0.2) is 54.5 Å². The van der Waals surface area contributed by atoms with Gasteiger partial charge in [-0.15, -0.1) is 11.3 Å². The number of thiophene rings is 1. The number of ether oxygens (including phenoxy) is 1. The number of fused-ring (bicyclic) bond motifs is 1. The molecule has 4 rings (SSSR count). The Morgan fingerprint density at radius 2 is 1.94 bits per heavy atom. The van der Waals surface area contributed by atoms with Crippen molar-refractivity contribution in [1.29, 1.82) is 0 Å². The smallest absolute Gasteiger partial charge is 0.261 e. The quantitative estimate of drug-likeness (QED) is 0.553. The molecule has 11 heteroatoms. The summed E-state index contributed by atoms with van der Waals surface area (Å²) in [4.78, 5) is 30.2. The van der Waals surface area contributed by atoms with Gasteiger partial charge in [-0.1, -0.05) is 12.1 Å². The van der Waals surface area contributed by atoms with E-state index in [1.54, 1.807) is 37.3 Å². The molecule has 1 aliphatic rings. The van der Waals surface area contributed by atoms with Crippen LogP contribution in [0.25, 0.3) is 10.9 Å². The highest BCUT2D eigenvalue weighted by atomic mass is 32.2. The fraction of sp³-hybridized carbons (Fsp3) is 0.381. The van der Waals surface area contributed by atoms with Crippen molar-refractivity contribution >= 4 is 38.2 Å². The first kappa shape index (κ1) is 22.6. The zero-order valence-corrected chi connectivity index (χ0v) is 19.2. The number of hydrogen-bond acceptors (Lipinski definition) is 7. The predicted molar refractivity (Wildman–Crippen MR) is 121 cm³/mol. The Morgan fingerprint density at radius 1 is 1.19 bits per heavy atom. The third kappa shape index (κ3) is 4.75. The number of aryl methyl sites for hydroxylation is 1. The summed E-state index contributed by atoms with van der Waals surface area (Å²) < 4.78 is 33.8. The van der Waals surface area contributed by atoms with Crippen molar-refractivity contribution in [2.45, 2.75) is 30.6 Å². The first-order valence-electron chi connectivity index (χ1n) is 10.3. The summed E-state index contributed by atoms with van der Waals surface area (Å²) in [5, 5.41) is 3.32. The van der Waals surface area contributed by atoms with E-state index in [4.69, 9.17) is 4.74 Å². The molecule has 0 bridgehead atoms. The minimum absolute atomic E-state index is 0.116. The van der Waals surface area contributed by atoms with E-state index in [2.05, 4.69) is 10.3 Å². The molecular weight excluding hydrogens is 452 g/mol. The van der Waals surface area contributed by atoms with Crippen molar-refractivity contribution in [3.8, 4) is 0 Å². The zero-order chi connectivity index (χ0) is 22.7. The lowest BCUT2D eigenvalue weighted by molar-refractivity contribution is -0.121. The van der Waals surface area contributed by atoms with Gasteiger partial charge in [-0.2, -0.15) is 4.31 Å². The highest BCUT2D eigenvalue weighted by Gasteiger charge is 2.27. The first-order chi connectivity index (χ1) is 15.4. The molecule has 0 saturated carbocycles. The third-order valence-electron chi connectivity index (χ3n) is 5.28. The van der Waals surface area contributed by atoms with E-state index < -0.39 is 10.0 Å². The van der Waals surface area contributed by atoms with Crippen molar-refractivity contribution in [2.24, 2.45) is 0 Å². The van der Waals surface area contributed by atoms with Crippen LogP contribution in [0.3, 0.4) is 0 Å². The maximum absolute atomic E-state index is 12.7. The van der Waals surface area contributed by atoms with E-state index in [0.717, 1.165) is 16.2 Å². The van der Waals surface area contributed by atoms with Crippen molar-refractivity contribution in [2.75, 3.05) is 26.3 Å². The summed E-state index contributed by atoms with van der Waals surface area (Å²) in [5.74, 6) is 0.327. The third-order valence-corrected chi connectivity index (χ3v) is 8.73. The Bertz CT molecular complexity index is 1290. The Labute approximate surface area is 189 Å². The van der Waals surface area contributed by atoms with Crippen molar-refractivity contribution < 1.29 is 17.9 Å². The van der Waals surface area contributed by atoms with E-state index in [-0.39, 0.29) is 35.2 Å². The lowest BCUT2D eigenvalue weighted by Gasteiger charge is -2.25. The maximum atomic E-state index is 12.7. The van der Waals surface area contributed by atoms with Gasteiger partial charge in [0.05, 0.1) is 30.7 Å². The van der Waals surface area contributed by atoms with Gasteiger partial charge in [-0.25, -0.2) is 13.4 Å². The predicted octanol–water partition coefficient (Wildman–Crippen LogP) is 1.49. The molecule has 1 amide bonds. The van der Waals surface area contributed by atoms with Crippen LogP contribution in [-0.2, 0) is 32.6 Å². The largest absolute Gasteiger partial charge is 0.379 e. The van der Waals surface area contributed by atoms with Gasteiger partial charge in [-0.3, -0.25) is 14.2 Å². The summed E-state index contributed by atoms with van der Waals surface area (Å²) in [5.41, 5.74) is 0.466. The fourth-order valence-corrected chi connectivity index (χ4v) is 6.39. The van der Waals surface area contributed by atoms with Crippen molar-refractivity contribution in [1.82, 2.24) is 19.2 Å². The average Bonchev–Trinajstić information content (AvgIpc) is 3.28. The zero-order valence-electron chi connectivity index (χ0n) is 17.6. The van der Waals surface area contributed by atoms with E-state index in [1.165, 1.54) is 8.87 Å². The number of para-hydroxylation sites is 1. The number of rotatable bonds is 7. The SMILES string of the molecule is Cc1nc2ccccc2c(=O)n1CCC(=O)NCc1ccc(S(=O)(=O)N2CCOCC2)s1. The molecule has 0 unspecified atom stereocenters. The molecular formula is C21H24N4O5S2. The van der Waals surface area contributed by atoms with Crippen LogP contribution in [0.5, 0.6) is 0 Å². The summed E-state index contributed by atoms with van der Waals surface area (Å²) in [7, 11) is -3.54. The van der Waals surface area contributed by atoms with Gasteiger partial charge in [0, 0.05) is 30.9 Å². The Kier molecular flexibility index (Phi) is 6.70. The summed E-state index contributed by atoms with van der Waals surface area (Å²) in [6.45, 7) is 3.66. The number of morpholine rings is 1. The van der Waals surface area contributed by atoms with Gasteiger partial charge < -0.3 is 10.1 Å². The van der Waals surface area contributed by atoms with Gasteiger partial charge >= 0.3 is 0 Å². The van der Waals surface area contributed by atoms with E-state index in [9.17, 15) is 18.0 Å². The van der Waals surface area contributed by atoms with E-state index in [1.807, 2.05) is 6.07 Å². The van der Waals surface area contributed by atoms with E-state index >= 15 is 0 Å². The van der Waals surface area contributed by atoms with Gasteiger partial charge in [0.25, 0.3) is 15.6 Å². The number of nitrogens with one attached hydrogen (secondary N) is 1. The molecule has 170 valence electrons. The number of carbonyl (C=O) groups is 1. The number of carbonyl (C=O) groups excluding carboxylic acids is 1.